The third kappa shape index (κ3) is 5.03. The van der Waals surface area contributed by atoms with E-state index in [-0.39, 0.29) is 11.7 Å². The number of hydrogen-bond acceptors (Lipinski definition) is 7. The molecule has 0 atom stereocenters. The van der Waals surface area contributed by atoms with Crippen molar-refractivity contribution in [2.24, 2.45) is 0 Å². The lowest BCUT2D eigenvalue weighted by Gasteiger charge is -1.98. The Balaban J connectivity index is 0.000000229. The standard InChI is InChI=1S/C8H9N5O2S.C7H10/c1-2-5(14)11-8-10-4(3-16-8)6-7(9)13-15-12-6;1-7-5-3-2-4-6-7/h3H,2H2,1H3,(H2,9,13)(H,10,11,14);2-3,5H,4,6H2,1H3. The monoisotopic (exact) mass is 333 g/mol. The first-order valence-corrected chi connectivity index (χ1v) is 8.14. The van der Waals surface area contributed by atoms with Gasteiger partial charge in [0.15, 0.2) is 16.6 Å². The molecular formula is C15H19N5O2S. The average molecular weight is 333 g/mol. The summed E-state index contributed by atoms with van der Waals surface area (Å²) < 4.78 is 4.46. The van der Waals surface area contributed by atoms with E-state index in [1.54, 1.807) is 12.3 Å². The van der Waals surface area contributed by atoms with Crippen LogP contribution in [0.2, 0.25) is 0 Å². The van der Waals surface area contributed by atoms with Gasteiger partial charge >= 0.3 is 0 Å². The number of nitrogens with one attached hydrogen (secondary N) is 1. The third-order valence-corrected chi connectivity index (χ3v) is 3.81. The van der Waals surface area contributed by atoms with Crippen LogP contribution >= 0.6 is 11.3 Å². The van der Waals surface area contributed by atoms with E-state index in [0.29, 0.717) is 22.9 Å². The van der Waals surface area contributed by atoms with E-state index in [4.69, 9.17) is 5.73 Å². The molecule has 0 aromatic carbocycles. The van der Waals surface area contributed by atoms with Gasteiger partial charge in [0.2, 0.25) is 5.91 Å². The minimum Gasteiger partial charge on any atom is -0.379 e. The number of aromatic nitrogens is 3. The fraction of sp³-hybridized carbons (Fsp3) is 0.333. The third-order valence-electron chi connectivity index (χ3n) is 3.05. The van der Waals surface area contributed by atoms with Gasteiger partial charge in [0.05, 0.1) is 0 Å². The van der Waals surface area contributed by atoms with Crippen molar-refractivity contribution < 1.29 is 9.42 Å². The van der Waals surface area contributed by atoms with Crippen molar-refractivity contribution >= 4 is 28.2 Å². The van der Waals surface area contributed by atoms with Crippen LogP contribution in [-0.4, -0.2) is 21.2 Å². The Hall–Kier alpha value is -2.48. The number of carbonyl (C=O) groups excluding carboxylic acids is 1. The van der Waals surface area contributed by atoms with Crippen LogP contribution in [0.1, 0.15) is 33.1 Å². The topological polar surface area (TPSA) is 107 Å². The second-order valence-corrected chi connectivity index (χ2v) is 5.78. The van der Waals surface area contributed by atoms with Gasteiger partial charge in [-0.3, -0.25) is 4.79 Å². The highest BCUT2D eigenvalue weighted by atomic mass is 32.1. The molecule has 2 aromatic heterocycles. The number of rotatable bonds is 3. The smallest absolute Gasteiger partial charge is 0.225 e. The first-order chi connectivity index (χ1) is 11.1. The number of nitrogen functional groups attached to an aromatic ring is 1. The highest BCUT2D eigenvalue weighted by Crippen LogP contribution is 2.26. The predicted octanol–water partition coefficient (Wildman–Crippen LogP) is 3.41. The van der Waals surface area contributed by atoms with E-state index < -0.39 is 0 Å². The summed E-state index contributed by atoms with van der Waals surface area (Å²) in [6.45, 7) is 3.94. The molecule has 0 radical (unpaired) electrons. The summed E-state index contributed by atoms with van der Waals surface area (Å²) in [4.78, 5) is 15.3. The lowest BCUT2D eigenvalue weighted by molar-refractivity contribution is -0.115. The molecule has 23 heavy (non-hydrogen) atoms. The Morgan fingerprint density at radius 1 is 1.48 bits per heavy atom. The van der Waals surface area contributed by atoms with Crippen LogP contribution in [0.15, 0.2) is 33.8 Å². The second kappa shape index (κ2) is 8.23. The Labute approximate surface area is 138 Å². The van der Waals surface area contributed by atoms with Crippen molar-refractivity contribution in [2.45, 2.75) is 33.1 Å². The summed E-state index contributed by atoms with van der Waals surface area (Å²) in [6.07, 6.45) is 9.40. The number of carbonyl (C=O) groups is 1. The van der Waals surface area contributed by atoms with Gasteiger partial charge in [-0.1, -0.05) is 30.7 Å². The fourth-order valence-electron chi connectivity index (χ4n) is 1.74. The largest absolute Gasteiger partial charge is 0.379 e. The maximum absolute atomic E-state index is 11.1. The van der Waals surface area contributed by atoms with E-state index >= 15 is 0 Å². The summed E-state index contributed by atoms with van der Waals surface area (Å²) in [5.41, 5.74) is 7.94. The minimum absolute atomic E-state index is 0.0906. The number of thiazole rings is 1. The zero-order valence-corrected chi connectivity index (χ0v) is 13.9. The maximum Gasteiger partial charge on any atom is 0.225 e. The molecule has 7 nitrogen and oxygen atoms in total. The molecule has 2 heterocycles. The zero-order valence-electron chi connectivity index (χ0n) is 13.1. The Kier molecular flexibility index (Phi) is 6.04. The molecule has 1 amide bonds. The SMILES string of the molecule is CC1=CC=CCC1.CCC(=O)Nc1nc(-c2nonc2N)cs1. The van der Waals surface area contributed by atoms with E-state index in [2.05, 4.69) is 50.4 Å². The molecule has 3 N–H and O–H groups in total. The minimum atomic E-state index is -0.0906. The average Bonchev–Trinajstić information content (AvgIpc) is 3.17. The van der Waals surface area contributed by atoms with Gasteiger partial charge in [-0.05, 0) is 30.1 Å². The quantitative estimate of drug-likeness (QED) is 0.891. The molecule has 8 heteroatoms. The summed E-state index contributed by atoms with van der Waals surface area (Å²) in [6, 6.07) is 0. The molecule has 0 bridgehead atoms. The predicted molar refractivity (Wildman–Crippen MR) is 90.9 cm³/mol. The van der Waals surface area contributed by atoms with Crippen LogP contribution in [0.25, 0.3) is 11.4 Å². The van der Waals surface area contributed by atoms with Crippen LogP contribution in [0, 0.1) is 0 Å². The molecule has 0 unspecified atom stereocenters. The molecule has 0 saturated carbocycles. The lowest BCUT2D eigenvalue weighted by Crippen LogP contribution is -2.08. The fourth-order valence-corrected chi connectivity index (χ4v) is 2.46. The van der Waals surface area contributed by atoms with Crippen molar-refractivity contribution in [3.63, 3.8) is 0 Å². The van der Waals surface area contributed by atoms with Gasteiger partial charge in [-0.25, -0.2) is 9.61 Å². The van der Waals surface area contributed by atoms with Crippen molar-refractivity contribution in [1.82, 2.24) is 15.3 Å². The highest BCUT2D eigenvalue weighted by Gasteiger charge is 2.13. The zero-order chi connectivity index (χ0) is 16.7. The van der Waals surface area contributed by atoms with E-state index in [9.17, 15) is 4.79 Å². The molecule has 1 aliphatic carbocycles. The second-order valence-electron chi connectivity index (χ2n) is 4.92. The number of anilines is 2. The first-order valence-electron chi connectivity index (χ1n) is 7.26. The van der Waals surface area contributed by atoms with Gasteiger partial charge in [-0.15, -0.1) is 11.3 Å². The molecule has 0 saturated heterocycles. The van der Waals surface area contributed by atoms with Crippen LogP contribution in [0.3, 0.4) is 0 Å². The van der Waals surface area contributed by atoms with E-state index in [1.165, 1.54) is 29.8 Å². The number of nitrogens with zero attached hydrogens (tertiary/aromatic N) is 3. The summed E-state index contributed by atoms with van der Waals surface area (Å²) >= 11 is 1.29. The molecule has 0 fully saturated rings. The van der Waals surface area contributed by atoms with Crippen LogP contribution < -0.4 is 11.1 Å². The van der Waals surface area contributed by atoms with Crippen LogP contribution in [-0.2, 0) is 4.79 Å². The number of amides is 1. The lowest BCUT2D eigenvalue weighted by atomic mass is 10.1. The van der Waals surface area contributed by atoms with Gasteiger partial charge in [0.1, 0.15) is 5.69 Å². The highest BCUT2D eigenvalue weighted by molar-refractivity contribution is 7.14. The molecule has 3 rings (SSSR count). The first kappa shape index (κ1) is 16.9. The van der Waals surface area contributed by atoms with Crippen LogP contribution in [0.5, 0.6) is 0 Å². The van der Waals surface area contributed by atoms with Crippen LogP contribution in [0.4, 0.5) is 10.9 Å². The van der Waals surface area contributed by atoms with E-state index in [0.717, 1.165) is 0 Å². The van der Waals surface area contributed by atoms with Crippen molar-refractivity contribution in [2.75, 3.05) is 11.1 Å². The summed E-state index contributed by atoms with van der Waals surface area (Å²) in [5.74, 6) is 0.0887. The summed E-state index contributed by atoms with van der Waals surface area (Å²) in [7, 11) is 0. The maximum atomic E-state index is 11.1. The molecular weight excluding hydrogens is 314 g/mol. The van der Waals surface area contributed by atoms with Crippen molar-refractivity contribution in [1.29, 1.82) is 0 Å². The number of hydrogen-bond donors (Lipinski definition) is 2. The molecule has 122 valence electrons. The normalized spacial score (nSPS) is 13.0. The molecule has 2 aromatic rings. The van der Waals surface area contributed by atoms with Crippen molar-refractivity contribution in [3.8, 4) is 11.4 Å². The van der Waals surface area contributed by atoms with Gasteiger partial charge in [-0.2, -0.15) is 0 Å². The van der Waals surface area contributed by atoms with Gasteiger partial charge in [0.25, 0.3) is 0 Å². The summed E-state index contributed by atoms with van der Waals surface area (Å²) in [5, 5.41) is 11.9. The van der Waals surface area contributed by atoms with Gasteiger partial charge < -0.3 is 11.1 Å². The Bertz CT molecular complexity index is 717. The molecule has 0 spiro atoms. The number of nitrogens with two attached hydrogens (primary N) is 1. The van der Waals surface area contributed by atoms with E-state index in [1.807, 2.05) is 0 Å². The Morgan fingerprint density at radius 3 is 2.83 bits per heavy atom. The van der Waals surface area contributed by atoms with Crippen molar-refractivity contribution in [3.05, 3.63) is 29.2 Å². The number of allylic oxidation sites excluding steroid dienone is 4. The van der Waals surface area contributed by atoms with Gasteiger partial charge in [0, 0.05) is 11.8 Å². The Morgan fingerprint density at radius 2 is 2.30 bits per heavy atom. The molecule has 1 aliphatic rings. The molecule has 0 aliphatic heterocycles.